The third kappa shape index (κ3) is 1.82. The maximum absolute atomic E-state index is 5.58. The smallest absolute Gasteiger partial charge is 0.256 e. The highest BCUT2D eigenvalue weighted by Gasteiger charge is 2.02. The second-order valence-corrected chi connectivity index (χ2v) is 2.23. The molecule has 1 aromatic heterocycles. The van der Waals surface area contributed by atoms with Crippen molar-refractivity contribution in [3.8, 4) is 5.88 Å². The molecule has 1 aromatic rings. The Balaban J connectivity index is 2.86. The van der Waals surface area contributed by atoms with Crippen LogP contribution < -0.4 is 10.5 Å². The summed E-state index contributed by atoms with van der Waals surface area (Å²) >= 11 is 0. The van der Waals surface area contributed by atoms with Gasteiger partial charge < -0.3 is 15.2 Å². The van der Waals surface area contributed by atoms with Crippen molar-refractivity contribution >= 4 is 5.69 Å². The van der Waals surface area contributed by atoms with Crippen LogP contribution in [0, 0.1) is 0 Å². The molecule has 0 unspecified atom stereocenters. The molecule has 0 atom stereocenters. The van der Waals surface area contributed by atoms with Gasteiger partial charge in [-0.15, -0.1) is 10.2 Å². The number of anilines is 1. The summed E-state index contributed by atoms with van der Waals surface area (Å²) in [6, 6.07) is 1.68. The normalized spacial score (nSPS) is 9.83. The zero-order chi connectivity index (χ0) is 8.97. The molecule has 0 saturated carbocycles. The fraction of sp³-hybridized carbons (Fsp3) is 0.429. The minimum Gasteiger partial charge on any atom is -0.478 e. The number of ether oxygens (including phenoxy) is 2. The van der Waals surface area contributed by atoms with E-state index in [1.165, 1.54) is 7.11 Å². The van der Waals surface area contributed by atoms with E-state index in [-0.39, 0.29) is 0 Å². The number of nitrogens with zero attached hydrogens (tertiary/aromatic N) is 2. The summed E-state index contributed by atoms with van der Waals surface area (Å²) in [4.78, 5) is 0. The predicted octanol–water partition coefficient (Wildman–Crippen LogP) is 0.214. The maximum Gasteiger partial charge on any atom is 0.256 e. The molecule has 5 heteroatoms. The van der Waals surface area contributed by atoms with E-state index in [2.05, 4.69) is 10.2 Å². The summed E-state index contributed by atoms with van der Waals surface area (Å²) in [5, 5.41) is 7.56. The van der Waals surface area contributed by atoms with Crippen molar-refractivity contribution < 1.29 is 9.47 Å². The van der Waals surface area contributed by atoms with Gasteiger partial charge in [0.1, 0.15) is 0 Å². The minimum absolute atomic E-state index is 0.342. The molecular weight excluding hydrogens is 158 g/mol. The second-order valence-electron chi connectivity index (χ2n) is 2.23. The Hall–Kier alpha value is -1.36. The van der Waals surface area contributed by atoms with Crippen molar-refractivity contribution in [3.63, 3.8) is 0 Å². The molecule has 0 aliphatic rings. The number of rotatable bonds is 3. The first kappa shape index (κ1) is 8.73. The van der Waals surface area contributed by atoms with Crippen molar-refractivity contribution in [3.05, 3.63) is 11.8 Å². The van der Waals surface area contributed by atoms with Crippen molar-refractivity contribution in [2.75, 3.05) is 20.0 Å². The van der Waals surface area contributed by atoms with Crippen molar-refractivity contribution in [1.82, 2.24) is 10.2 Å². The topological polar surface area (TPSA) is 70.3 Å². The van der Waals surface area contributed by atoms with E-state index in [9.17, 15) is 0 Å². The SMILES string of the molecule is COCc1cc(N)c(OC)nn1. The number of aromatic nitrogens is 2. The maximum atomic E-state index is 5.58. The van der Waals surface area contributed by atoms with Gasteiger partial charge >= 0.3 is 0 Å². The fourth-order valence-corrected chi connectivity index (χ4v) is 0.815. The number of nitrogens with two attached hydrogens (primary N) is 1. The fourth-order valence-electron chi connectivity index (χ4n) is 0.815. The Kier molecular flexibility index (Phi) is 2.82. The number of nitrogen functional groups attached to an aromatic ring is 1. The van der Waals surface area contributed by atoms with Crippen LogP contribution in [0.1, 0.15) is 5.69 Å². The summed E-state index contributed by atoms with van der Waals surface area (Å²) in [5.74, 6) is 0.342. The van der Waals surface area contributed by atoms with Gasteiger partial charge in [-0.1, -0.05) is 0 Å². The second kappa shape index (κ2) is 3.87. The minimum atomic E-state index is 0.342. The first-order valence-corrected chi connectivity index (χ1v) is 3.43. The van der Waals surface area contributed by atoms with E-state index in [4.69, 9.17) is 15.2 Å². The van der Waals surface area contributed by atoms with Gasteiger partial charge in [0.25, 0.3) is 5.88 Å². The number of hydrogen-bond donors (Lipinski definition) is 1. The molecule has 12 heavy (non-hydrogen) atoms. The molecule has 0 aromatic carbocycles. The highest BCUT2D eigenvalue weighted by atomic mass is 16.5. The molecule has 0 radical (unpaired) electrons. The average Bonchev–Trinajstić information content (AvgIpc) is 2.05. The van der Waals surface area contributed by atoms with Crippen LogP contribution in [0.25, 0.3) is 0 Å². The lowest BCUT2D eigenvalue weighted by Crippen LogP contribution is -2.01. The average molecular weight is 169 g/mol. The first-order chi connectivity index (χ1) is 5.77. The Morgan fingerprint density at radius 2 is 2.17 bits per heavy atom. The van der Waals surface area contributed by atoms with Crippen LogP contribution >= 0.6 is 0 Å². The zero-order valence-electron chi connectivity index (χ0n) is 7.07. The van der Waals surface area contributed by atoms with Crippen LogP contribution in [0.4, 0.5) is 5.69 Å². The van der Waals surface area contributed by atoms with Crippen molar-refractivity contribution in [1.29, 1.82) is 0 Å². The lowest BCUT2D eigenvalue weighted by molar-refractivity contribution is 0.180. The Morgan fingerprint density at radius 1 is 1.42 bits per heavy atom. The van der Waals surface area contributed by atoms with E-state index >= 15 is 0 Å². The zero-order valence-corrected chi connectivity index (χ0v) is 7.07. The van der Waals surface area contributed by atoms with Crippen LogP contribution in [0.15, 0.2) is 6.07 Å². The third-order valence-corrected chi connectivity index (χ3v) is 1.32. The number of methoxy groups -OCH3 is 2. The summed E-state index contributed by atoms with van der Waals surface area (Å²) < 4.78 is 9.70. The van der Waals surface area contributed by atoms with E-state index in [0.29, 0.717) is 23.9 Å². The summed E-state index contributed by atoms with van der Waals surface area (Å²) in [7, 11) is 3.08. The van der Waals surface area contributed by atoms with Crippen molar-refractivity contribution in [2.45, 2.75) is 6.61 Å². The van der Waals surface area contributed by atoms with Gasteiger partial charge in [-0.05, 0) is 6.07 Å². The van der Waals surface area contributed by atoms with Gasteiger partial charge in [0.05, 0.1) is 25.1 Å². The van der Waals surface area contributed by atoms with Crippen LogP contribution in [0.5, 0.6) is 5.88 Å². The third-order valence-electron chi connectivity index (χ3n) is 1.32. The molecule has 2 N–H and O–H groups in total. The largest absolute Gasteiger partial charge is 0.478 e. The molecule has 5 nitrogen and oxygen atoms in total. The van der Waals surface area contributed by atoms with E-state index in [1.807, 2.05) is 0 Å². The van der Waals surface area contributed by atoms with Crippen LogP contribution in [-0.4, -0.2) is 24.4 Å². The molecule has 0 bridgehead atoms. The molecule has 1 rings (SSSR count). The molecule has 0 aliphatic carbocycles. The van der Waals surface area contributed by atoms with Crippen LogP contribution in [0.3, 0.4) is 0 Å². The molecule has 0 aliphatic heterocycles. The molecular formula is C7H11N3O2. The van der Waals surface area contributed by atoms with Gasteiger partial charge in [-0.3, -0.25) is 0 Å². The predicted molar refractivity (Wildman–Crippen MR) is 43.7 cm³/mol. The van der Waals surface area contributed by atoms with Crippen molar-refractivity contribution in [2.24, 2.45) is 0 Å². The molecule has 0 saturated heterocycles. The van der Waals surface area contributed by atoms with Gasteiger partial charge in [-0.2, -0.15) is 0 Å². The van der Waals surface area contributed by atoms with Gasteiger partial charge in [0, 0.05) is 7.11 Å². The van der Waals surface area contributed by atoms with E-state index < -0.39 is 0 Å². The standard InChI is InChI=1S/C7H11N3O2/c1-11-4-5-3-6(8)7(12-2)10-9-5/h3H,4H2,1-2H3,(H2,8,9). The van der Waals surface area contributed by atoms with E-state index in [0.717, 1.165) is 0 Å². The van der Waals surface area contributed by atoms with Crippen LogP contribution in [-0.2, 0) is 11.3 Å². The summed E-state index contributed by atoms with van der Waals surface area (Å²) in [5.41, 5.74) is 6.74. The van der Waals surface area contributed by atoms with Gasteiger partial charge in [-0.25, -0.2) is 0 Å². The van der Waals surface area contributed by atoms with Gasteiger partial charge in [0.2, 0.25) is 0 Å². The van der Waals surface area contributed by atoms with E-state index in [1.54, 1.807) is 13.2 Å². The summed E-state index contributed by atoms with van der Waals surface area (Å²) in [6.45, 7) is 0.404. The lowest BCUT2D eigenvalue weighted by atomic mass is 10.3. The summed E-state index contributed by atoms with van der Waals surface area (Å²) in [6.07, 6.45) is 0. The highest BCUT2D eigenvalue weighted by Crippen LogP contribution is 2.16. The Bertz CT molecular complexity index is 265. The molecule has 0 fully saturated rings. The molecule has 66 valence electrons. The Morgan fingerprint density at radius 3 is 2.67 bits per heavy atom. The van der Waals surface area contributed by atoms with Crippen LogP contribution in [0.2, 0.25) is 0 Å². The molecule has 0 amide bonds. The quantitative estimate of drug-likeness (QED) is 0.700. The Labute approximate surface area is 70.5 Å². The molecule has 0 spiro atoms. The monoisotopic (exact) mass is 169 g/mol. The lowest BCUT2D eigenvalue weighted by Gasteiger charge is -2.03. The van der Waals surface area contributed by atoms with Gasteiger partial charge in [0.15, 0.2) is 0 Å². The first-order valence-electron chi connectivity index (χ1n) is 3.43. The molecule has 1 heterocycles. The number of hydrogen-bond acceptors (Lipinski definition) is 5. The highest BCUT2D eigenvalue weighted by molar-refractivity contribution is 5.47.